The number of hydrogen-bond donors (Lipinski definition) is 8. The average molecular weight is 618 g/mol. The summed E-state index contributed by atoms with van der Waals surface area (Å²) in [6.07, 6.45) is 0.769. The lowest BCUT2D eigenvalue weighted by Gasteiger charge is -2.17. The maximum atomic E-state index is 10.9. The molecule has 41 heavy (non-hydrogen) atoms. The van der Waals surface area contributed by atoms with E-state index in [1.54, 1.807) is 33.3 Å². The Bertz CT molecular complexity index is 1520. The van der Waals surface area contributed by atoms with Crippen molar-refractivity contribution in [2.45, 2.75) is 31.5 Å². The molecule has 0 radical (unpaired) electrons. The summed E-state index contributed by atoms with van der Waals surface area (Å²) in [4.78, 5) is 42.9. The maximum Gasteiger partial charge on any atom is 0.350 e. The lowest BCUT2D eigenvalue weighted by Crippen LogP contribution is -2.22. The first kappa shape index (κ1) is 32.5. The second kappa shape index (κ2) is 14.2. The molecule has 4 aromatic rings. The van der Waals surface area contributed by atoms with E-state index in [0.29, 0.717) is 34.8 Å². The molecule has 2 unspecified atom stereocenters. The number of ether oxygens (including phenoxy) is 2. The molecule has 226 valence electrons. The number of fused-ring (bicyclic) bond motifs is 2. The third-order valence-electron chi connectivity index (χ3n) is 5.61. The van der Waals surface area contributed by atoms with Crippen LogP contribution in [0.4, 0.5) is 11.6 Å². The summed E-state index contributed by atoms with van der Waals surface area (Å²) >= 11 is 0. The Morgan fingerprint density at radius 2 is 1.20 bits per heavy atom. The SMILES string of the molecule is Nc1ncnn2c(CC(CCO)OCP(=O)(O)O)ccc12.Nc1ncnn2c(CC(CO)OCP(=O)(O)O)ccc12. The molecule has 0 fully saturated rings. The third kappa shape index (κ3) is 9.79. The van der Waals surface area contributed by atoms with E-state index < -0.39 is 40.1 Å². The lowest BCUT2D eigenvalue weighted by atomic mass is 10.1. The van der Waals surface area contributed by atoms with Gasteiger partial charge >= 0.3 is 15.2 Å². The summed E-state index contributed by atoms with van der Waals surface area (Å²) in [5, 5.41) is 26.3. The Morgan fingerprint density at radius 3 is 1.61 bits per heavy atom. The van der Waals surface area contributed by atoms with Gasteiger partial charge in [0.2, 0.25) is 0 Å². The van der Waals surface area contributed by atoms with Crippen LogP contribution in [0.5, 0.6) is 0 Å². The molecule has 0 aliphatic heterocycles. The van der Waals surface area contributed by atoms with Gasteiger partial charge in [-0.1, -0.05) is 0 Å². The van der Waals surface area contributed by atoms with Gasteiger partial charge in [-0.15, -0.1) is 0 Å². The standard InChI is InChI=1S/C11H17N4O5P.C10H15N4O5P/c12-11-10-2-1-8(15(10)14-6-13-11)5-9(3-4-16)20-7-21(17,18)19;11-10-9-2-1-7(14(9)13-5-12-10)3-8(4-15)19-6-20(16,17)18/h1-2,6,9,16H,3-5,7H2,(H2,12,13,14)(H2,17,18,19);1-2,5,8,15H,3-4,6H2,(H2,11,12,13)(H2,16,17,18). The molecular formula is C21H32N8O10P2. The van der Waals surface area contributed by atoms with Gasteiger partial charge in [-0.3, -0.25) is 9.13 Å². The smallest absolute Gasteiger partial charge is 0.350 e. The number of nitrogens with zero attached hydrogens (tertiary/aromatic N) is 6. The van der Waals surface area contributed by atoms with Gasteiger partial charge in [0, 0.05) is 30.8 Å². The first-order valence-corrected chi connectivity index (χ1v) is 15.6. The van der Waals surface area contributed by atoms with Crippen LogP contribution in [0.3, 0.4) is 0 Å². The molecule has 0 aromatic carbocycles. The summed E-state index contributed by atoms with van der Waals surface area (Å²) in [6.45, 7) is -0.514. The molecule has 2 atom stereocenters. The highest BCUT2D eigenvalue weighted by Gasteiger charge is 2.21. The Labute approximate surface area is 232 Å². The molecule has 20 heteroatoms. The molecule has 0 saturated carbocycles. The normalized spacial score (nSPS) is 13.7. The van der Waals surface area contributed by atoms with Crippen molar-refractivity contribution in [3.8, 4) is 0 Å². The Kier molecular flexibility index (Phi) is 11.3. The molecule has 0 spiro atoms. The summed E-state index contributed by atoms with van der Waals surface area (Å²) in [5.74, 6) is 0.661. The van der Waals surface area contributed by atoms with E-state index in [4.69, 9.17) is 45.6 Å². The first-order valence-electron chi connectivity index (χ1n) is 12.0. The largest absolute Gasteiger partial charge is 0.396 e. The van der Waals surface area contributed by atoms with Crippen molar-refractivity contribution in [3.05, 3.63) is 48.3 Å². The zero-order chi connectivity index (χ0) is 30.2. The van der Waals surface area contributed by atoms with Crippen molar-refractivity contribution >= 4 is 37.9 Å². The lowest BCUT2D eigenvalue weighted by molar-refractivity contribution is 0.0300. The van der Waals surface area contributed by atoms with Crippen molar-refractivity contribution in [1.82, 2.24) is 29.2 Å². The van der Waals surface area contributed by atoms with Crippen LogP contribution < -0.4 is 11.5 Å². The zero-order valence-corrected chi connectivity index (χ0v) is 23.4. The molecule has 4 heterocycles. The number of nitrogen functional groups attached to an aromatic ring is 2. The van der Waals surface area contributed by atoms with E-state index in [2.05, 4.69) is 20.2 Å². The van der Waals surface area contributed by atoms with Gasteiger partial charge in [0.25, 0.3) is 0 Å². The van der Waals surface area contributed by atoms with E-state index in [1.807, 2.05) is 0 Å². The first-order chi connectivity index (χ1) is 19.3. The number of aromatic nitrogens is 6. The Morgan fingerprint density at radius 1 is 0.756 bits per heavy atom. The number of nitrogens with two attached hydrogens (primary N) is 2. The minimum atomic E-state index is -4.26. The minimum absolute atomic E-state index is 0.147. The Balaban J connectivity index is 0.000000226. The molecule has 0 saturated heterocycles. The summed E-state index contributed by atoms with van der Waals surface area (Å²) < 4.78 is 35.0. The molecule has 0 bridgehead atoms. The molecule has 18 nitrogen and oxygen atoms in total. The maximum absolute atomic E-state index is 10.9. The van der Waals surface area contributed by atoms with Gasteiger partial charge < -0.3 is 50.7 Å². The fraction of sp³-hybridized carbons (Fsp3) is 0.429. The molecular weight excluding hydrogens is 586 g/mol. The monoisotopic (exact) mass is 618 g/mol. The van der Waals surface area contributed by atoms with E-state index in [9.17, 15) is 14.2 Å². The fourth-order valence-electron chi connectivity index (χ4n) is 3.76. The molecule has 4 rings (SSSR count). The van der Waals surface area contributed by atoms with Crippen molar-refractivity contribution < 1.29 is 48.4 Å². The van der Waals surface area contributed by atoms with Gasteiger partial charge in [-0.25, -0.2) is 19.0 Å². The van der Waals surface area contributed by atoms with Crippen molar-refractivity contribution in [2.24, 2.45) is 0 Å². The fourth-order valence-corrected chi connectivity index (χ4v) is 4.57. The number of hydrogen-bond acceptors (Lipinski definition) is 12. The molecule has 0 aliphatic carbocycles. The number of aliphatic hydroxyl groups is 2. The highest BCUT2D eigenvalue weighted by atomic mass is 31.2. The zero-order valence-electron chi connectivity index (χ0n) is 21.6. The molecule has 4 aromatic heterocycles. The number of rotatable bonds is 13. The molecule has 0 aliphatic rings. The third-order valence-corrected chi connectivity index (χ3v) is 6.58. The van der Waals surface area contributed by atoms with Gasteiger partial charge in [0.1, 0.15) is 36.4 Å². The predicted molar refractivity (Wildman–Crippen MR) is 145 cm³/mol. The Hall–Kier alpha value is -3.02. The van der Waals surface area contributed by atoms with Crippen molar-refractivity contribution in [1.29, 1.82) is 0 Å². The number of anilines is 2. The van der Waals surface area contributed by atoms with Crippen LogP contribution in [0.25, 0.3) is 11.0 Å². The van der Waals surface area contributed by atoms with Gasteiger partial charge in [0.05, 0.1) is 18.8 Å². The van der Waals surface area contributed by atoms with Crippen LogP contribution in [-0.4, -0.2) is 97.1 Å². The minimum Gasteiger partial charge on any atom is -0.396 e. The van der Waals surface area contributed by atoms with Crippen LogP contribution in [0.15, 0.2) is 36.9 Å². The van der Waals surface area contributed by atoms with Gasteiger partial charge in [-0.2, -0.15) is 10.2 Å². The summed E-state index contributed by atoms with van der Waals surface area (Å²) in [5.41, 5.74) is 14.1. The van der Waals surface area contributed by atoms with E-state index in [1.165, 1.54) is 12.7 Å². The van der Waals surface area contributed by atoms with E-state index >= 15 is 0 Å². The van der Waals surface area contributed by atoms with Crippen molar-refractivity contribution in [2.75, 3.05) is 37.4 Å². The second-order valence-electron chi connectivity index (χ2n) is 8.80. The summed E-state index contributed by atoms with van der Waals surface area (Å²) in [7, 11) is -8.51. The van der Waals surface area contributed by atoms with Crippen LogP contribution in [0, 0.1) is 0 Å². The van der Waals surface area contributed by atoms with Crippen LogP contribution in [0.2, 0.25) is 0 Å². The van der Waals surface area contributed by atoms with Gasteiger partial charge in [-0.05, 0) is 30.7 Å². The number of aliphatic hydroxyl groups excluding tert-OH is 2. The molecule has 0 amide bonds. The van der Waals surface area contributed by atoms with Crippen LogP contribution >= 0.6 is 15.2 Å². The summed E-state index contributed by atoms with van der Waals surface area (Å²) in [6, 6.07) is 7.00. The highest BCUT2D eigenvalue weighted by Crippen LogP contribution is 2.35. The van der Waals surface area contributed by atoms with Gasteiger partial charge in [0.15, 0.2) is 11.6 Å². The van der Waals surface area contributed by atoms with E-state index in [0.717, 1.165) is 5.69 Å². The quantitative estimate of drug-likeness (QED) is 0.0844. The topological polar surface area (TPSA) is 286 Å². The van der Waals surface area contributed by atoms with E-state index in [-0.39, 0.29) is 26.1 Å². The average Bonchev–Trinajstić information content (AvgIpc) is 3.50. The predicted octanol–water partition coefficient (Wildman–Crippen LogP) is -0.876. The van der Waals surface area contributed by atoms with Crippen molar-refractivity contribution in [3.63, 3.8) is 0 Å². The highest BCUT2D eigenvalue weighted by molar-refractivity contribution is 7.51. The van der Waals surface area contributed by atoms with Crippen LogP contribution in [0.1, 0.15) is 17.8 Å². The second-order valence-corrected chi connectivity index (χ2v) is 12.0. The molecule has 10 N–H and O–H groups in total. The van der Waals surface area contributed by atoms with Crippen LogP contribution in [-0.2, 0) is 31.4 Å².